The zero-order valence-corrected chi connectivity index (χ0v) is 11.6. The maximum atomic E-state index is 12.2. The molecule has 0 saturated heterocycles. The predicted octanol–water partition coefficient (Wildman–Crippen LogP) is 1.99. The highest BCUT2D eigenvalue weighted by Crippen LogP contribution is 2.17. The molecular formula is C15H15N5O. The summed E-state index contributed by atoms with van der Waals surface area (Å²) in [5.74, 6) is 5.11. The van der Waals surface area contributed by atoms with Crippen LogP contribution in [0.5, 0.6) is 0 Å². The number of rotatable bonds is 4. The lowest BCUT2D eigenvalue weighted by atomic mass is 10.1. The van der Waals surface area contributed by atoms with Gasteiger partial charge in [-0.25, -0.2) is 0 Å². The number of nitrogens with two attached hydrogens (primary N) is 1. The van der Waals surface area contributed by atoms with E-state index in [1.165, 1.54) is 6.20 Å². The van der Waals surface area contributed by atoms with Crippen LogP contribution >= 0.6 is 0 Å². The van der Waals surface area contributed by atoms with E-state index in [2.05, 4.69) is 21.8 Å². The van der Waals surface area contributed by atoms with Gasteiger partial charge < -0.3 is 10.7 Å². The van der Waals surface area contributed by atoms with Gasteiger partial charge in [0.25, 0.3) is 5.91 Å². The Morgan fingerprint density at radius 3 is 2.71 bits per heavy atom. The number of amides is 1. The third-order valence-electron chi connectivity index (χ3n) is 2.94. The van der Waals surface area contributed by atoms with Crippen LogP contribution in [0.2, 0.25) is 0 Å². The Bertz CT molecular complexity index is 688. The van der Waals surface area contributed by atoms with E-state index in [1.54, 1.807) is 30.3 Å². The molecule has 0 aliphatic carbocycles. The predicted molar refractivity (Wildman–Crippen MR) is 80.5 cm³/mol. The van der Waals surface area contributed by atoms with Gasteiger partial charge in [-0.2, -0.15) is 5.26 Å². The highest BCUT2D eigenvalue weighted by Gasteiger charge is 2.12. The molecule has 0 aliphatic rings. The summed E-state index contributed by atoms with van der Waals surface area (Å²) in [6, 6.07) is 10.9. The lowest BCUT2D eigenvalue weighted by molar-refractivity contribution is 0.102. The summed E-state index contributed by atoms with van der Waals surface area (Å²) >= 11 is 0. The fraction of sp³-hybridized carbons (Fsp3) is 0.133. The SMILES string of the molecule is Cc1cc(NN)c(C(=O)Nc2ccc(CC#N)cc2)cn1. The summed E-state index contributed by atoms with van der Waals surface area (Å²) in [6.45, 7) is 1.82. The Morgan fingerprint density at radius 1 is 1.38 bits per heavy atom. The fourth-order valence-electron chi connectivity index (χ4n) is 1.86. The number of aromatic nitrogens is 1. The average molecular weight is 281 g/mol. The monoisotopic (exact) mass is 281 g/mol. The topological polar surface area (TPSA) is 104 Å². The largest absolute Gasteiger partial charge is 0.323 e. The molecule has 0 aliphatic heterocycles. The first-order valence-corrected chi connectivity index (χ1v) is 6.34. The quantitative estimate of drug-likeness (QED) is 0.587. The average Bonchev–Trinajstić information content (AvgIpc) is 2.49. The van der Waals surface area contributed by atoms with Gasteiger partial charge in [-0.05, 0) is 30.7 Å². The van der Waals surface area contributed by atoms with Gasteiger partial charge in [0.1, 0.15) is 0 Å². The maximum Gasteiger partial charge on any atom is 0.259 e. The summed E-state index contributed by atoms with van der Waals surface area (Å²) in [6.07, 6.45) is 1.82. The van der Waals surface area contributed by atoms with Crippen LogP contribution in [0.15, 0.2) is 36.5 Å². The van der Waals surface area contributed by atoms with E-state index in [1.807, 2.05) is 6.92 Å². The van der Waals surface area contributed by atoms with Crippen molar-refractivity contribution in [2.75, 3.05) is 10.7 Å². The van der Waals surface area contributed by atoms with Crippen molar-refractivity contribution < 1.29 is 4.79 Å². The van der Waals surface area contributed by atoms with Gasteiger partial charge in [0, 0.05) is 17.6 Å². The van der Waals surface area contributed by atoms with E-state index in [-0.39, 0.29) is 5.91 Å². The number of anilines is 2. The number of aryl methyl sites for hydroxylation is 1. The van der Waals surface area contributed by atoms with Crippen molar-refractivity contribution in [3.05, 3.63) is 53.3 Å². The molecule has 1 heterocycles. The van der Waals surface area contributed by atoms with Crippen molar-refractivity contribution in [1.29, 1.82) is 5.26 Å². The molecule has 4 N–H and O–H groups in total. The van der Waals surface area contributed by atoms with Crippen molar-refractivity contribution in [1.82, 2.24) is 4.98 Å². The molecule has 0 bridgehead atoms. The molecule has 21 heavy (non-hydrogen) atoms. The number of nitrogens with one attached hydrogen (secondary N) is 2. The Hall–Kier alpha value is -2.91. The van der Waals surface area contributed by atoms with Crippen LogP contribution in [-0.4, -0.2) is 10.9 Å². The second-order valence-corrected chi connectivity index (χ2v) is 4.50. The van der Waals surface area contributed by atoms with Gasteiger partial charge >= 0.3 is 0 Å². The van der Waals surface area contributed by atoms with Crippen LogP contribution in [0, 0.1) is 18.3 Å². The van der Waals surface area contributed by atoms with Crippen LogP contribution in [0.25, 0.3) is 0 Å². The summed E-state index contributed by atoms with van der Waals surface area (Å²) in [5.41, 5.74) is 5.68. The standard InChI is InChI=1S/C15H15N5O/c1-10-8-14(20-17)13(9-18-10)15(21)19-12-4-2-11(3-5-12)6-7-16/h2-5,8-9H,6,17H2,1H3,(H,18,20)(H,19,21). The summed E-state index contributed by atoms with van der Waals surface area (Å²) in [7, 11) is 0. The molecule has 1 amide bonds. The first-order chi connectivity index (χ1) is 10.1. The zero-order valence-electron chi connectivity index (χ0n) is 11.6. The Morgan fingerprint density at radius 2 is 2.10 bits per heavy atom. The van der Waals surface area contributed by atoms with E-state index < -0.39 is 0 Å². The highest BCUT2D eigenvalue weighted by atomic mass is 16.1. The molecular weight excluding hydrogens is 266 g/mol. The molecule has 1 aromatic heterocycles. The van der Waals surface area contributed by atoms with Crippen molar-refractivity contribution >= 4 is 17.3 Å². The molecule has 2 aromatic rings. The molecule has 2 rings (SSSR count). The number of carbonyl (C=O) groups is 1. The number of hydrogen-bond donors (Lipinski definition) is 3. The Labute approximate surface area is 122 Å². The molecule has 6 nitrogen and oxygen atoms in total. The summed E-state index contributed by atoms with van der Waals surface area (Å²) in [4.78, 5) is 16.3. The third-order valence-corrected chi connectivity index (χ3v) is 2.94. The number of benzene rings is 1. The van der Waals surface area contributed by atoms with Crippen LogP contribution in [0.3, 0.4) is 0 Å². The lowest BCUT2D eigenvalue weighted by Gasteiger charge is -2.10. The van der Waals surface area contributed by atoms with Gasteiger partial charge in [-0.1, -0.05) is 12.1 Å². The summed E-state index contributed by atoms with van der Waals surface area (Å²) in [5, 5.41) is 11.4. The van der Waals surface area contributed by atoms with E-state index in [0.29, 0.717) is 23.4 Å². The molecule has 0 atom stereocenters. The third kappa shape index (κ3) is 3.55. The van der Waals surface area contributed by atoms with E-state index in [0.717, 1.165) is 11.3 Å². The van der Waals surface area contributed by atoms with Crippen molar-refractivity contribution in [2.24, 2.45) is 5.84 Å². The minimum atomic E-state index is -0.302. The van der Waals surface area contributed by atoms with Crippen LogP contribution < -0.4 is 16.6 Å². The van der Waals surface area contributed by atoms with Crippen LogP contribution in [0.4, 0.5) is 11.4 Å². The number of hydrogen-bond acceptors (Lipinski definition) is 5. The van der Waals surface area contributed by atoms with E-state index in [9.17, 15) is 4.79 Å². The fourth-order valence-corrected chi connectivity index (χ4v) is 1.86. The molecule has 0 fully saturated rings. The number of nitrogens with zero attached hydrogens (tertiary/aromatic N) is 2. The first kappa shape index (κ1) is 14.5. The molecule has 0 saturated carbocycles. The number of pyridine rings is 1. The van der Waals surface area contributed by atoms with Gasteiger partial charge in [0.2, 0.25) is 0 Å². The Kier molecular flexibility index (Phi) is 4.49. The second-order valence-electron chi connectivity index (χ2n) is 4.50. The number of nitriles is 1. The number of nitrogen functional groups attached to an aromatic ring is 1. The molecule has 0 spiro atoms. The maximum absolute atomic E-state index is 12.2. The van der Waals surface area contributed by atoms with E-state index >= 15 is 0 Å². The molecule has 0 radical (unpaired) electrons. The second kappa shape index (κ2) is 6.50. The normalized spacial score (nSPS) is 9.76. The zero-order chi connectivity index (χ0) is 15.2. The molecule has 106 valence electrons. The van der Waals surface area contributed by atoms with Crippen molar-refractivity contribution in [3.8, 4) is 6.07 Å². The number of hydrazine groups is 1. The highest BCUT2D eigenvalue weighted by molar-refractivity contribution is 6.07. The first-order valence-electron chi connectivity index (χ1n) is 6.34. The number of carbonyl (C=O) groups excluding carboxylic acids is 1. The summed E-state index contributed by atoms with van der Waals surface area (Å²) < 4.78 is 0. The minimum Gasteiger partial charge on any atom is -0.323 e. The van der Waals surface area contributed by atoms with Crippen LogP contribution in [-0.2, 0) is 6.42 Å². The van der Waals surface area contributed by atoms with Gasteiger partial charge in [-0.15, -0.1) is 0 Å². The van der Waals surface area contributed by atoms with Gasteiger partial charge in [-0.3, -0.25) is 15.6 Å². The minimum absolute atomic E-state index is 0.302. The molecule has 1 aromatic carbocycles. The molecule has 6 heteroatoms. The van der Waals surface area contributed by atoms with Crippen molar-refractivity contribution in [2.45, 2.75) is 13.3 Å². The van der Waals surface area contributed by atoms with Gasteiger partial charge in [0.05, 0.1) is 23.7 Å². The van der Waals surface area contributed by atoms with Crippen molar-refractivity contribution in [3.63, 3.8) is 0 Å². The Balaban J connectivity index is 2.16. The van der Waals surface area contributed by atoms with E-state index in [4.69, 9.17) is 11.1 Å². The van der Waals surface area contributed by atoms with Crippen LogP contribution in [0.1, 0.15) is 21.6 Å². The lowest BCUT2D eigenvalue weighted by Crippen LogP contribution is -2.18. The van der Waals surface area contributed by atoms with Gasteiger partial charge in [0.15, 0.2) is 0 Å². The molecule has 0 unspecified atom stereocenters. The smallest absolute Gasteiger partial charge is 0.259 e.